The Bertz CT molecular complexity index is 628. The molecule has 2 aliphatic rings. The van der Waals surface area contributed by atoms with E-state index < -0.39 is 48.4 Å². The van der Waals surface area contributed by atoms with Crippen molar-refractivity contribution in [2.45, 2.75) is 140 Å². The molecule has 0 spiro atoms. The average Bonchev–Trinajstić information content (AvgIpc) is 3.01. The zero-order chi connectivity index (χ0) is 25.0. The zero-order valence-electron chi connectivity index (χ0n) is 20.6. The van der Waals surface area contributed by atoms with E-state index in [2.05, 4.69) is 6.92 Å². The van der Waals surface area contributed by atoms with Crippen LogP contribution in [-0.4, -0.2) is 68.9 Å². The van der Waals surface area contributed by atoms with Crippen LogP contribution in [0.1, 0.15) is 110 Å². The normalized spacial score (nSPS) is 29.5. The van der Waals surface area contributed by atoms with Crippen molar-refractivity contribution in [1.82, 2.24) is 0 Å². The number of cyclic esters (lactones) is 1. The molecule has 0 amide bonds. The molecular weight excluding hydrogens is 444 g/mol. The van der Waals surface area contributed by atoms with Crippen LogP contribution in [-0.2, 0) is 23.8 Å². The van der Waals surface area contributed by atoms with Gasteiger partial charge in [-0.2, -0.15) is 0 Å². The molecule has 2 fully saturated rings. The van der Waals surface area contributed by atoms with Crippen LogP contribution >= 0.6 is 0 Å². The van der Waals surface area contributed by atoms with Gasteiger partial charge in [-0.1, -0.05) is 84.0 Å². The first-order valence-corrected chi connectivity index (χ1v) is 13.1. The molecule has 9 heteroatoms. The van der Waals surface area contributed by atoms with E-state index in [1.807, 2.05) is 0 Å². The van der Waals surface area contributed by atoms with Crippen LogP contribution < -0.4 is 0 Å². The van der Waals surface area contributed by atoms with E-state index in [-0.39, 0.29) is 19.3 Å². The van der Waals surface area contributed by atoms with E-state index in [4.69, 9.17) is 14.2 Å². The summed E-state index contributed by atoms with van der Waals surface area (Å²) in [4.78, 5) is 24.0. The van der Waals surface area contributed by atoms with Crippen molar-refractivity contribution in [2.75, 3.05) is 6.61 Å². The third-order valence-electron chi connectivity index (χ3n) is 6.87. The number of esters is 2. The summed E-state index contributed by atoms with van der Waals surface area (Å²) in [7, 11) is 0. The predicted molar refractivity (Wildman–Crippen MR) is 123 cm³/mol. The third-order valence-corrected chi connectivity index (χ3v) is 6.87. The summed E-state index contributed by atoms with van der Waals surface area (Å²) in [5.74, 6) is -4.27. The molecule has 2 aliphatic heterocycles. The minimum atomic E-state index is -2.62. The highest BCUT2D eigenvalue weighted by molar-refractivity contribution is 5.84. The Balaban J connectivity index is 1.53. The van der Waals surface area contributed by atoms with Gasteiger partial charge < -0.3 is 34.6 Å². The molecule has 0 aromatic carbocycles. The van der Waals surface area contributed by atoms with Gasteiger partial charge in [-0.05, 0) is 12.8 Å². The first-order chi connectivity index (χ1) is 16.2. The number of fused-ring (bicyclic) bond motifs is 1. The van der Waals surface area contributed by atoms with Gasteiger partial charge >= 0.3 is 11.9 Å². The predicted octanol–water partition coefficient (Wildman–Crippen LogP) is 2.85. The van der Waals surface area contributed by atoms with Gasteiger partial charge in [0.15, 0.2) is 12.4 Å². The number of aliphatic hydroxyl groups excluding tert-OH is 2. The second-order valence-electron chi connectivity index (χ2n) is 9.74. The first-order valence-electron chi connectivity index (χ1n) is 13.1. The fourth-order valence-corrected chi connectivity index (χ4v) is 4.68. The third kappa shape index (κ3) is 7.88. The molecule has 4 N–H and O–H groups in total. The van der Waals surface area contributed by atoms with Gasteiger partial charge in [0.1, 0.15) is 12.7 Å². The minimum absolute atomic E-state index is 0.0785. The first kappa shape index (κ1) is 29.0. The lowest BCUT2D eigenvalue weighted by Crippen LogP contribution is -2.66. The highest BCUT2D eigenvalue weighted by Crippen LogP contribution is 2.45. The van der Waals surface area contributed by atoms with Gasteiger partial charge in [-0.15, -0.1) is 0 Å². The van der Waals surface area contributed by atoms with Crippen molar-refractivity contribution in [1.29, 1.82) is 0 Å². The van der Waals surface area contributed by atoms with E-state index in [0.29, 0.717) is 6.42 Å². The maximum atomic E-state index is 12.0. The lowest BCUT2D eigenvalue weighted by Gasteiger charge is -2.42. The van der Waals surface area contributed by atoms with Crippen LogP contribution in [0.3, 0.4) is 0 Å². The number of hydrogen-bond donors (Lipinski definition) is 4. The maximum absolute atomic E-state index is 12.0. The van der Waals surface area contributed by atoms with Gasteiger partial charge in [-0.3, -0.25) is 4.79 Å². The van der Waals surface area contributed by atoms with Crippen molar-refractivity contribution in [3.63, 3.8) is 0 Å². The Morgan fingerprint density at radius 2 is 1.53 bits per heavy atom. The van der Waals surface area contributed by atoms with E-state index in [1.165, 1.54) is 57.8 Å². The number of hydrogen-bond acceptors (Lipinski definition) is 9. The van der Waals surface area contributed by atoms with Crippen LogP contribution in [0, 0.1) is 0 Å². The number of ether oxygens (including phenoxy) is 3. The Morgan fingerprint density at radius 3 is 2.09 bits per heavy atom. The Hall–Kier alpha value is -1.26. The molecule has 2 rings (SSSR count). The summed E-state index contributed by atoms with van der Waals surface area (Å²) in [5.41, 5.74) is -2.39. The van der Waals surface area contributed by atoms with E-state index in [1.54, 1.807) is 0 Å². The van der Waals surface area contributed by atoms with Gasteiger partial charge in [0, 0.05) is 12.8 Å². The Morgan fingerprint density at radius 1 is 1.00 bits per heavy atom. The van der Waals surface area contributed by atoms with Crippen LogP contribution in [0.15, 0.2) is 0 Å². The summed E-state index contributed by atoms with van der Waals surface area (Å²) < 4.78 is 15.0. The fraction of sp³-hybridized carbons (Fsp3) is 0.920. The van der Waals surface area contributed by atoms with Gasteiger partial charge in [-0.25, -0.2) is 4.79 Å². The van der Waals surface area contributed by atoms with Gasteiger partial charge in [0.2, 0.25) is 11.4 Å². The van der Waals surface area contributed by atoms with E-state index in [9.17, 15) is 30.0 Å². The molecule has 198 valence electrons. The topological polar surface area (TPSA) is 143 Å². The van der Waals surface area contributed by atoms with Crippen LogP contribution in [0.5, 0.6) is 0 Å². The van der Waals surface area contributed by atoms with Crippen molar-refractivity contribution >= 4 is 11.9 Å². The summed E-state index contributed by atoms with van der Waals surface area (Å²) in [6.07, 6.45) is 10.7. The lowest BCUT2D eigenvalue weighted by molar-refractivity contribution is -0.370. The number of carbonyl (C=O) groups is 2. The Labute approximate surface area is 202 Å². The zero-order valence-corrected chi connectivity index (χ0v) is 20.6. The molecule has 2 saturated heterocycles. The standard InChI is InChI=1S/C25H44O9/c1-2-3-4-5-6-7-8-9-10-11-12-13-14-15-20(27)32-18-19(26)22-25(31)24(30,23(29)33-22)17-16-21(28)34-25/h19,21-22,26,28,30-31H,2-18H2,1H3/t19?,21?,22-,24?,25+/m1/s1. The molecule has 0 aliphatic carbocycles. The molecule has 0 aromatic heterocycles. The number of aliphatic hydroxyl groups is 4. The van der Waals surface area contributed by atoms with E-state index in [0.717, 1.165) is 19.3 Å². The second kappa shape index (κ2) is 14.3. The molecule has 0 bridgehead atoms. The molecule has 34 heavy (non-hydrogen) atoms. The summed E-state index contributed by atoms with van der Waals surface area (Å²) >= 11 is 0. The quantitative estimate of drug-likeness (QED) is 0.179. The molecule has 0 radical (unpaired) electrons. The minimum Gasteiger partial charge on any atom is -0.463 e. The molecule has 2 heterocycles. The average molecular weight is 489 g/mol. The lowest BCUT2D eigenvalue weighted by atomic mass is 9.83. The highest BCUT2D eigenvalue weighted by atomic mass is 16.7. The molecule has 0 saturated carbocycles. The summed E-state index contributed by atoms with van der Waals surface area (Å²) in [6, 6.07) is 0. The molecule has 9 nitrogen and oxygen atoms in total. The second-order valence-corrected chi connectivity index (χ2v) is 9.74. The highest BCUT2D eigenvalue weighted by Gasteiger charge is 2.72. The Kier molecular flexibility index (Phi) is 12.2. The van der Waals surface area contributed by atoms with Gasteiger partial charge in [0.05, 0.1) is 0 Å². The van der Waals surface area contributed by atoms with Crippen molar-refractivity contribution < 1.29 is 44.2 Å². The van der Waals surface area contributed by atoms with Crippen molar-refractivity contribution in [3.8, 4) is 0 Å². The molecule has 3 unspecified atom stereocenters. The monoisotopic (exact) mass is 488 g/mol. The maximum Gasteiger partial charge on any atom is 0.344 e. The summed E-state index contributed by atoms with van der Waals surface area (Å²) in [5, 5.41) is 41.1. The van der Waals surface area contributed by atoms with E-state index >= 15 is 0 Å². The van der Waals surface area contributed by atoms with Crippen LogP contribution in [0.25, 0.3) is 0 Å². The van der Waals surface area contributed by atoms with Crippen LogP contribution in [0.4, 0.5) is 0 Å². The number of unbranched alkanes of at least 4 members (excludes halogenated alkanes) is 12. The van der Waals surface area contributed by atoms with Crippen LogP contribution in [0.2, 0.25) is 0 Å². The van der Waals surface area contributed by atoms with Gasteiger partial charge in [0.25, 0.3) is 0 Å². The number of carbonyl (C=O) groups excluding carboxylic acids is 2. The molecule has 5 atom stereocenters. The summed E-state index contributed by atoms with van der Waals surface area (Å²) in [6.45, 7) is 1.70. The van der Waals surface area contributed by atoms with Crippen molar-refractivity contribution in [3.05, 3.63) is 0 Å². The van der Waals surface area contributed by atoms with Crippen molar-refractivity contribution in [2.24, 2.45) is 0 Å². The SMILES string of the molecule is CCCCCCCCCCCCCCCC(=O)OCC(O)[C@H]1OC(=O)C2(O)CCC(O)O[C@@]12O. The smallest absolute Gasteiger partial charge is 0.344 e. The largest absolute Gasteiger partial charge is 0.463 e. The fourth-order valence-electron chi connectivity index (χ4n) is 4.68. The molecular formula is C25H44O9. The molecule has 0 aromatic rings. The number of rotatable bonds is 17.